The van der Waals surface area contributed by atoms with Crippen molar-refractivity contribution < 1.29 is 29.0 Å². The third-order valence-corrected chi connectivity index (χ3v) is 5.26. The monoisotopic (exact) mass is 481 g/mol. The highest BCUT2D eigenvalue weighted by Crippen LogP contribution is 2.30. The first kappa shape index (κ1) is 27.9. The second-order valence-corrected chi connectivity index (χ2v) is 7.97. The second kappa shape index (κ2) is 14.1. The van der Waals surface area contributed by atoms with Crippen molar-refractivity contribution in [3.8, 4) is 0 Å². The molecule has 0 saturated carbocycles. The summed E-state index contributed by atoms with van der Waals surface area (Å²) in [6, 6.07) is 14.1. The van der Waals surface area contributed by atoms with Gasteiger partial charge in [-0.05, 0) is 48.7 Å². The highest BCUT2D eigenvalue weighted by atomic mass is 35.5. The molecule has 1 aliphatic rings. The molecule has 10 heteroatoms. The molecule has 33 heavy (non-hydrogen) atoms. The fourth-order valence-corrected chi connectivity index (χ4v) is 3.86. The number of nitrogens with one attached hydrogen (secondary N) is 1. The standard InChI is InChI=1S/C21H25ClFN3O.2CH2O2/c1-25(2)20(27)21(24-19-8-4-7-18(23)14-19)9-11-26(12-10-21)15-16-5-3-6-17(22)13-16;2*2-1-3/h3-8,13-14,24H,9-12,15H2,1-2H3;2*1H,(H,2,3). The van der Waals surface area contributed by atoms with Gasteiger partial charge in [0.25, 0.3) is 12.9 Å². The molecule has 180 valence electrons. The van der Waals surface area contributed by atoms with E-state index < -0.39 is 5.54 Å². The molecule has 0 bridgehead atoms. The average molecular weight is 482 g/mol. The maximum Gasteiger partial charge on any atom is 0.290 e. The first-order chi connectivity index (χ1) is 15.7. The van der Waals surface area contributed by atoms with Gasteiger partial charge in [-0.1, -0.05) is 29.8 Å². The van der Waals surface area contributed by atoms with Crippen molar-refractivity contribution >= 4 is 36.1 Å². The van der Waals surface area contributed by atoms with Crippen LogP contribution in [-0.4, -0.2) is 71.6 Å². The van der Waals surface area contributed by atoms with Crippen LogP contribution in [0.15, 0.2) is 48.5 Å². The van der Waals surface area contributed by atoms with Gasteiger partial charge in [0.05, 0.1) is 0 Å². The summed E-state index contributed by atoms with van der Waals surface area (Å²) in [5.74, 6) is -0.292. The zero-order valence-corrected chi connectivity index (χ0v) is 19.3. The molecule has 1 amide bonds. The number of nitrogens with zero attached hydrogens (tertiary/aromatic N) is 2. The first-order valence-corrected chi connectivity index (χ1v) is 10.5. The molecule has 0 spiro atoms. The van der Waals surface area contributed by atoms with Gasteiger partial charge in [-0.2, -0.15) is 0 Å². The number of piperidine rings is 1. The van der Waals surface area contributed by atoms with Crippen LogP contribution in [-0.2, 0) is 20.9 Å². The maximum atomic E-state index is 13.6. The van der Waals surface area contributed by atoms with Gasteiger partial charge in [-0.15, -0.1) is 0 Å². The number of hydrogen-bond acceptors (Lipinski definition) is 5. The van der Waals surface area contributed by atoms with Crippen molar-refractivity contribution in [3.63, 3.8) is 0 Å². The smallest absolute Gasteiger partial charge is 0.290 e. The average Bonchev–Trinajstić information content (AvgIpc) is 2.76. The minimum Gasteiger partial charge on any atom is -0.483 e. The molecule has 1 aliphatic heterocycles. The van der Waals surface area contributed by atoms with Gasteiger partial charge in [0.2, 0.25) is 5.91 Å². The highest BCUT2D eigenvalue weighted by molar-refractivity contribution is 6.30. The van der Waals surface area contributed by atoms with Gasteiger partial charge in [-0.3, -0.25) is 19.3 Å². The predicted molar refractivity (Wildman–Crippen MR) is 125 cm³/mol. The molecular formula is C23H29ClFN3O5. The zero-order chi connectivity index (χ0) is 24.9. The Morgan fingerprint density at radius 1 is 1.12 bits per heavy atom. The fourth-order valence-electron chi connectivity index (χ4n) is 3.65. The number of likely N-dealkylation sites (N-methyl/N-ethyl adjacent to an activating group) is 1. The van der Waals surface area contributed by atoms with Crippen molar-refractivity contribution in [2.75, 3.05) is 32.5 Å². The lowest BCUT2D eigenvalue weighted by atomic mass is 9.85. The lowest BCUT2D eigenvalue weighted by molar-refractivity contribution is -0.135. The summed E-state index contributed by atoms with van der Waals surface area (Å²) in [4.78, 5) is 33.6. The summed E-state index contributed by atoms with van der Waals surface area (Å²) in [7, 11) is 3.52. The van der Waals surface area contributed by atoms with Crippen LogP contribution in [0.5, 0.6) is 0 Å². The molecule has 0 radical (unpaired) electrons. The summed E-state index contributed by atoms with van der Waals surface area (Å²) in [6.45, 7) is 1.84. The van der Waals surface area contributed by atoms with Crippen LogP contribution in [0.4, 0.5) is 10.1 Å². The Morgan fingerprint density at radius 3 is 2.21 bits per heavy atom. The summed E-state index contributed by atoms with van der Waals surface area (Å²) >= 11 is 6.08. The van der Waals surface area contributed by atoms with Gasteiger partial charge < -0.3 is 20.4 Å². The van der Waals surface area contributed by atoms with E-state index in [9.17, 15) is 9.18 Å². The number of halogens is 2. The van der Waals surface area contributed by atoms with E-state index >= 15 is 0 Å². The third kappa shape index (κ3) is 9.07. The van der Waals surface area contributed by atoms with Crippen molar-refractivity contribution in [2.45, 2.75) is 24.9 Å². The van der Waals surface area contributed by atoms with Gasteiger partial charge >= 0.3 is 0 Å². The zero-order valence-electron chi connectivity index (χ0n) is 18.6. The molecule has 0 aliphatic carbocycles. The van der Waals surface area contributed by atoms with Crippen LogP contribution in [0.3, 0.4) is 0 Å². The van der Waals surface area contributed by atoms with Crippen molar-refractivity contribution in [2.24, 2.45) is 0 Å². The number of rotatable bonds is 5. The number of amides is 1. The van der Waals surface area contributed by atoms with Crippen LogP contribution < -0.4 is 5.32 Å². The Kier molecular flexibility index (Phi) is 11.9. The molecular weight excluding hydrogens is 453 g/mol. The molecule has 2 aromatic rings. The Bertz CT molecular complexity index is 899. The minimum absolute atomic E-state index is 0.0224. The molecule has 2 aromatic carbocycles. The van der Waals surface area contributed by atoms with Crippen LogP contribution in [0.2, 0.25) is 5.02 Å². The van der Waals surface area contributed by atoms with Crippen molar-refractivity contribution in [1.82, 2.24) is 9.80 Å². The van der Waals surface area contributed by atoms with Crippen LogP contribution in [0, 0.1) is 5.82 Å². The Labute approximate surface area is 197 Å². The fraction of sp³-hybridized carbons (Fsp3) is 0.348. The van der Waals surface area contributed by atoms with E-state index in [0.717, 1.165) is 30.2 Å². The van der Waals surface area contributed by atoms with Gasteiger partial charge in [0.15, 0.2) is 0 Å². The van der Waals surface area contributed by atoms with E-state index in [1.54, 1.807) is 31.1 Å². The largest absolute Gasteiger partial charge is 0.483 e. The summed E-state index contributed by atoms with van der Waals surface area (Å²) < 4.78 is 13.6. The molecule has 1 saturated heterocycles. The molecule has 3 N–H and O–H groups in total. The molecule has 0 atom stereocenters. The molecule has 0 aromatic heterocycles. The van der Waals surface area contributed by atoms with Gasteiger partial charge in [0.1, 0.15) is 11.4 Å². The van der Waals surface area contributed by atoms with Crippen LogP contribution >= 0.6 is 11.6 Å². The number of carboxylic acid groups (broad SMARTS) is 2. The number of anilines is 1. The van der Waals surface area contributed by atoms with E-state index in [2.05, 4.69) is 16.3 Å². The van der Waals surface area contributed by atoms with E-state index in [-0.39, 0.29) is 24.7 Å². The number of hydrogen-bond donors (Lipinski definition) is 3. The van der Waals surface area contributed by atoms with Gasteiger partial charge in [-0.25, -0.2) is 4.39 Å². The number of carbonyl (C=O) groups is 3. The Morgan fingerprint density at radius 2 is 1.70 bits per heavy atom. The number of carbonyl (C=O) groups excluding carboxylic acids is 1. The molecule has 8 nitrogen and oxygen atoms in total. The topological polar surface area (TPSA) is 110 Å². The third-order valence-electron chi connectivity index (χ3n) is 5.03. The molecule has 1 heterocycles. The normalized spacial score (nSPS) is 14.4. The number of benzene rings is 2. The molecule has 3 rings (SSSR count). The van der Waals surface area contributed by atoms with Gasteiger partial charge in [0, 0.05) is 44.4 Å². The van der Waals surface area contributed by atoms with Crippen molar-refractivity contribution in [3.05, 3.63) is 64.9 Å². The maximum absolute atomic E-state index is 13.6. The lowest BCUT2D eigenvalue weighted by Crippen LogP contribution is -2.57. The first-order valence-electron chi connectivity index (χ1n) is 10.1. The predicted octanol–water partition coefficient (Wildman–Crippen LogP) is 3.42. The van der Waals surface area contributed by atoms with Crippen LogP contribution in [0.25, 0.3) is 0 Å². The van der Waals surface area contributed by atoms with E-state index in [0.29, 0.717) is 18.5 Å². The van der Waals surface area contributed by atoms with Crippen LogP contribution in [0.1, 0.15) is 18.4 Å². The molecule has 1 fully saturated rings. The summed E-state index contributed by atoms with van der Waals surface area (Å²) in [5, 5.41) is 17.8. The second-order valence-electron chi connectivity index (χ2n) is 7.53. The quantitative estimate of drug-likeness (QED) is 0.561. The summed E-state index contributed by atoms with van der Waals surface area (Å²) in [5.41, 5.74) is 1.07. The minimum atomic E-state index is -0.720. The summed E-state index contributed by atoms with van der Waals surface area (Å²) in [6.07, 6.45) is 1.31. The Hall–Kier alpha value is -3.17. The number of likely N-dealkylation sites (tertiary alicyclic amines) is 1. The van der Waals surface area contributed by atoms with E-state index in [1.165, 1.54) is 12.1 Å². The molecule has 0 unspecified atom stereocenters. The highest BCUT2D eigenvalue weighted by Gasteiger charge is 2.42. The SMILES string of the molecule is CN(C)C(=O)C1(Nc2cccc(F)c2)CCN(Cc2cccc(Cl)c2)CC1.O=CO.O=CO. The Balaban J connectivity index is 0.000000819. The van der Waals surface area contributed by atoms with Crippen molar-refractivity contribution in [1.29, 1.82) is 0 Å². The van der Waals surface area contributed by atoms with E-state index in [4.69, 9.17) is 31.4 Å². The lowest BCUT2D eigenvalue weighted by Gasteiger charge is -2.43. The van der Waals surface area contributed by atoms with E-state index in [1.807, 2.05) is 18.2 Å².